The Labute approximate surface area is 216 Å². The number of nitrogens with zero attached hydrogens (tertiary/aromatic N) is 5. The smallest absolute Gasteiger partial charge is 0.232 e. The maximum absolute atomic E-state index is 5.73. The van der Waals surface area contributed by atoms with Gasteiger partial charge in [0, 0.05) is 11.8 Å². The molecule has 0 aliphatic heterocycles. The SMILES string of the molecule is CCCCCCCCOc1cnc(-c2ccc(-c3cnc(OCCCCCCCC)cn3)nc2)cn1. The van der Waals surface area contributed by atoms with Crippen LogP contribution in [0.1, 0.15) is 90.9 Å². The third kappa shape index (κ3) is 9.88. The van der Waals surface area contributed by atoms with Gasteiger partial charge in [0.15, 0.2) is 0 Å². The van der Waals surface area contributed by atoms with Gasteiger partial charge in [-0.1, -0.05) is 78.1 Å². The van der Waals surface area contributed by atoms with Crippen molar-refractivity contribution >= 4 is 0 Å². The molecule has 0 fully saturated rings. The van der Waals surface area contributed by atoms with E-state index in [0.717, 1.165) is 29.8 Å². The highest BCUT2D eigenvalue weighted by Crippen LogP contribution is 2.21. The molecular formula is C29H41N5O2. The molecule has 0 atom stereocenters. The van der Waals surface area contributed by atoms with Crippen LogP contribution in [0.2, 0.25) is 0 Å². The third-order valence-electron chi connectivity index (χ3n) is 6.07. The van der Waals surface area contributed by atoms with E-state index in [-0.39, 0.29) is 0 Å². The van der Waals surface area contributed by atoms with Gasteiger partial charge in [0.2, 0.25) is 11.8 Å². The van der Waals surface area contributed by atoms with E-state index in [9.17, 15) is 0 Å². The first-order chi connectivity index (χ1) is 17.8. The van der Waals surface area contributed by atoms with Gasteiger partial charge in [-0.15, -0.1) is 0 Å². The number of hydrogen-bond acceptors (Lipinski definition) is 7. The van der Waals surface area contributed by atoms with Gasteiger partial charge >= 0.3 is 0 Å². The Morgan fingerprint density at radius 3 is 1.44 bits per heavy atom. The Kier molecular flexibility index (Phi) is 12.6. The van der Waals surface area contributed by atoms with Crippen LogP contribution >= 0.6 is 0 Å². The van der Waals surface area contributed by atoms with Crippen LogP contribution in [0.15, 0.2) is 43.1 Å². The molecule has 0 saturated carbocycles. The molecule has 3 rings (SSSR count). The van der Waals surface area contributed by atoms with E-state index in [2.05, 4.69) is 38.8 Å². The first-order valence-electron chi connectivity index (χ1n) is 13.7. The number of hydrogen-bond donors (Lipinski definition) is 0. The molecule has 0 aliphatic carbocycles. The van der Waals surface area contributed by atoms with E-state index < -0.39 is 0 Å². The fourth-order valence-electron chi connectivity index (χ4n) is 3.88. The van der Waals surface area contributed by atoms with Crippen LogP contribution in [-0.4, -0.2) is 38.1 Å². The van der Waals surface area contributed by atoms with E-state index in [1.165, 1.54) is 64.2 Å². The molecule has 3 aromatic rings. The average Bonchev–Trinajstić information content (AvgIpc) is 2.93. The molecule has 194 valence electrons. The van der Waals surface area contributed by atoms with Crippen LogP contribution < -0.4 is 9.47 Å². The van der Waals surface area contributed by atoms with Crippen LogP contribution in [0.4, 0.5) is 0 Å². The van der Waals surface area contributed by atoms with Gasteiger partial charge in [-0.2, -0.15) is 0 Å². The largest absolute Gasteiger partial charge is 0.477 e. The highest BCUT2D eigenvalue weighted by molar-refractivity contribution is 5.61. The van der Waals surface area contributed by atoms with Crippen molar-refractivity contribution in [1.29, 1.82) is 0 Å². The molecule has 0 N–H and O–H groups in total. The molecular weight excluding hydrogens is 450 g/mol. The molecule has 3 aromatic heterocycles. The minimum absolute atomic E-state index is 0.554. The maximum Gasteiger partial charge on any atom is 0.232 e. The minimum Gasteiger partial charge on any atom is -0.477 e. The molecule has 0 amide bonds. The number of ether oxygens (including phenoxy) is 2. The lowest BCUT2D eigenvalue weighted by Gasteiger charge is -2.07. The fourth-order valence-corrected chi connectivity index (χ4v) is 3.88. The second kappa shape index (κ2) is 16.6. The Morgan fingerprint density at radius 2 is 0.972 bits per heavy atom. The molecule has 0 unspecified atom stereocenters. The summed E-state index contributed by atoms with van der Waals surface area (Å²) in [6.07, 6.45) is 23.4. The average molecular weight is 492 g/mol. The predicted molar refractivity (Wildman–Crippen MR) is 144 cm³/mol. The molecule has 0 spiro atoms. The lowest BCUT2D eigenvalue weighted by molar-refractivity contribution is 0.292. The Bertz CT molecular complexity index is 882. The van der Waals surface area contributed by atoms with Gasteiger partial charge in [0.25, 0.3) is 0 Å². The van der Waals surface area contributed by atoms with Crippen molar-refractivity contribution in [2.75, 3.05) is 13.2 Å². The van der Waals surface area contributed by atoms with Crippen molar-refractivity contribution < 1.29 is 9.47 Å². The Hall–Kier alpha value is -3.09. The van der Waals surface area contributed by atoms with Crippen molar-refractivity contribution in [2.45, 2.75) is 90.9 Å². The highest BCUT2D eigenvalue weighted by Gasteiger charge is 2.07. The maximum atomic E-state index is 5.73. The summed E-state index contributed by atoms with van der Waals surface area (Å²) in [5.74, 6) is 1.11. The zero-order valence-electron chi connectivity index (χ0n) is 22.0. The second-order valence-corrected chi connectivity index (χ2v) is 9.14. The minimum atomic E-state index is 0.554. The van der Waals surface area contributed by atoms with Crippen LogP contribution in [-0.2, 0) is 0 Å². The molecule has 0 aliphatic rings. The van der Waals surface area contributed by atoms with Crippen LogP contribution in [0.3, 0.4) is 0 Å². The van der Waals surface area contributed by atoms with Gasteiger partial charge in [0.05, 0.1) is 49.4 Å². The van der Waals surface area contributed by atoms with Crippen molar-refractivity contribution in [3.63, 3.8) is 0 Å². The first kappa shape index (κ1) is 27.5. The van der Waals surface area contributed by atoms with Crippen molar-refractivity contribution in [2.24, 2.45) is 0 Å². The standard InChI is InChI=1S/C29H41N5O2/c1-3-5-7-9-11-13-17-35-28-22-31-26(20-33-28)24-15-16-25(30-19-24)27-21-34-29(23-32-27)36-18-14-12-10-8-6-4-2/h15-16,19-23H,3-14,17-18H2,1-2H3. The normalized spacial score (nSPS) is 10.9. The molecule has 0 saturated heterocycles. The van der Waals surface area contributed by atoms with Gasteiger partial charge in [0.1, 0.15) is 5.69 Å². The molecule has 7 nitrogen and oxygen atoms in total. The van der Waals surface area contributed by atoms with Gasteiger partial charge < -0.3 is 9.47 Å². The summed E-state index contributed by atoms with van der Waals surface area (Å²) < 4.78 is 11.4. The zero-order valence-corrected chi connectivity index (χ0v) is 22.0. The van der Waals surface area contributed by atoms with Gasteiger partial charge in [-0.05, 0) is 25.0 Å². The monoisotopic (exact) mass is 491 g/mol. The summed E-state index contributed by atoms with van der Waals surface area (Å²) in [6, 6.07) is 3.88. The van der Waals surface area contributed by atoms with E-state index in [1.54, 1.807) is 31.0 Å². The summed E-state index contributed by atoms with van der Waals surface area (Å²) in [5, 5.41) is 0. The van der Waals surface area contributed by atoms with E-state index in [1.807, 2.05) is 12.1 Å². The van der Waals surface area contributed by atoms with Crippen LogP contribution in [0.5, 0.6) is 11.8 Å². The molecule has 7 heteroatoms. The van der Waals surface area contributed by atoms with Gasteiger partial charge in [-0.25, -0.2) is 19.9 Å². The molecule has 0 aromatic carbocycles. The number of aromatic nitrogens is 5. The molecule has 36 heavy (non-hydrogen) atoms. The van der Waals surface area contributed by atoms with Crippen molar-refractivity contribution in [3.05, 3.63) is 43.1 Å². The molecule has 0 radical (unpaired) electrons. The van der Waals surface area contributed by atoms with Crippen molar-refractivity contribution in [3.8, 4) is 34.4 Å². The summed E-state index contributed by atoms with van der Waals surface area (Å²) >= 11 is 0. The summed E-state index contributed by atoms with van der Waals surface area (Å²) in [7, 11) is 0. The van der Waals surface area contributed by atoms with Crippen molar-refractivity contribution in [1.82, 2.24) is 24.9 Å². The third-order valence-corrected chi connectivity index (χ3v) is 6.07. The topological polar surface area (TPSA) is 82.9 Å². The Morgan fingerprint density at radius 1 is 0.472 bits per heavy atom. The predicted octanol–water partition coefficient (Wildman–Crippen LogP) is 7.47. The lowest BCUT2D eigenvalue weighted by atomic mass is 10.1. The lowest BCUT2D eigenvalue weighted by Crippen LogP contribution is -2.00. The summed E-state index contributed by atoms with van der Waals surface area (Å²) in [5.41, 5.74) is 3.10. The fraction of sp³-hybridized carbons (Fsp3) is 0.552. The van der Waals surface area contributed by atoms with Crippen LogP contribution in [0.25, 0.3) is 22.6 Å². The number of pyridine rings is 1. The van der Waals surface area contributed by atoms with Gasteiger partial charge in [-0.3, -0.25) is 4.98 Å². The first-order valence-corrected chi connectivity index (χ1v) is 13.7. The molecule has 3 heterocycles. The number of rotatable bonds is 18. The van der Waals surface area contributed by atoms with Crippen LogP contribution in [0, 0.1) is 0 Å². The Balaban J connectivity index is 1.41. The van der Waals surface area contributed by atoms with E-state index >= 15 is 0 Å². The number of unbranched alkanes of at least 4 members (excludes halogenated alkanes) is 10. The zero-order chi connectivity index (χ0) is 25.3. The quantitative estimate of drug-likeness (QED) is 0.171. The van der Waals surface area contributed by atoms with E-state index in [0.29, 0.717) is 30.7 Å². The highest BCUT2D eigenvalue weighted by atomic mass is 16.5. The second-order valence-electron chi connectivity index (χ2n) is 9.14. The molecule has 0 bridgehead atoms. The summed E-state index contributed by atoms with van der Waals surface area (Å²) in [6.45, 7) is 5.82. The van der Waals surface area contributed by atoms with E-state index in [4.69, 9.17) is 9.47 Å². The summed E-state index contributed by atoms with van der Waals surface area (Å²) in [4.78, 5) is 22.3.